The van der Waals surface area contributed by atoms with Crippen LogP contribution in [0.2, 0.25) is 0 Å². The molecule has 2 amide bonds. The number of halogens is 3. The van der Waals surface area contributed by atoms with Crippen molar-refractivity contribution in [3.63, 3.8) is 0 Å². The van der Waals surface area contributed by atoms with E-state index in [2.05, 4.69) is 10.6 Å². The lowest BCUT2D eigenvalue weighted by Gasteiger charge is -2.26. The first-order valence-corrected chi connectivity index (χ1v) is 8.75. The maximum absolute atomic E-state index is 12.8. The fourth-order valence-electron chi connectivity index (χ4n) is 2.39. The average Bonchev–Trinajstić information content (AvgIpc) is 2.66. The fourth-order valence-corrected chi connectivity index (χ4v) is 2.39. The number of nitrogens with one attached hydrogen (secondary N) is 2. The van der Waals surface area contributed by atoms with E-state index in [1.807, 2.05) is 0 Å². The number of alkyl halides is 3. The summed E-state index contributed by atoms with van der Waals surface area (Å²) in [6.07, 6.45) is -4.82. The topological polar surface area (TPSA) is 87.7 Å². The molecule has 2 rings (SSSR count). The molecule has 156 valence electrons. The van der Waals surface area contributed by atoms with Crippen LogP contribution in [0.1, 0.15) is 29.8 Å². The zero-order valence-electron chi connectivity index (χ0n) is 15.8. The first kappa shape index (κ1) is 22.2. The van der Waals surface area contributed by atoms with Crippen LogP contribution < -0.4 is 15.4 Å². The van der Waals surface area contributed by atoms with Gasteiger partial charge in [-0.1, -0.05) is 18.2 Å². The van der Waals surface area contributed by atoms with Crippen molar-refractivity contribution >= 4 is 17.5 Å². The van der Waals surface area contributed by atoms with Gasteiger partial charge in [0.2, 0.25) is 0 Å². The molecule has 29 heavy (non-hydrogen) atoms. The number of ether oxygens (including phenoxy) is 1. The molecule has 0 unspecified atom stereocenters. The molecule has 0 aromatic heterocycles. The number of anilines is 1. The summed E-state index contributed by atoms with van der Waals surface area (Å²) < 4.78 is 43.8. The van der Waals surface area contributed by atoms with Gasteiger partial charge in [-0.15, -0.1) is 0 Å². The number of hydrogen-bond acceptors (Lipinski definition) is 4. The molecule has 0 saturated carbocycles. The largest absolute Gasteiger partial charge is 0.484 e. The quantitative estimate of drug-likeness (QED) is 0.654. The lowest BCUT2D eigenvalue weighted by atomic mass is 9.95. The second-order valence-electron chi connectivity index (χ2n) is 6.37. The minimum atomic E-state index is -4.82. The lowest BCUT2D eigenvalue weighted by molar-refractivity contribution is -0.258. The summed E-state index contributed by atoms with van der Waals surface area (Å²) in [5.74, 6) is -0.614. The maximum Gasteiger partial charge on any atom is 0.421 e. The zero-order chi connectivity index (χ0) is 21.7. The fraction of sp³-hybridized carbons (Fsp3) is 0.300. The Hall–Kier alpha value is -3.07. The minimum absolute atomic E-state index is 0.165. The highest BCUT2D eigenvalue weighted by molar-refractivity contribution is 5.97. The molecule has 0 aliphatic heterocycles. The number of hydrogen-bond donors (Lipinski definition) is 3. The van der Waals surface area contributed by atoms with Gasteiger partial charge in [-0.25, -0.2) is 0 Å². The van der Waals surface area contributed by atoms with E-state index in [4.69, 9.17) is 4.74 Å². The summed E-state index contributed by atoms with van der Waals surface area (Å²) in [6, 6.07) is 11.0. The molecule has 0 fully saturated rings. The van der Waals surface area contributed by atoms with Crippen LogP contribution in [0.25, 0.3) is 0 Å². The summed E-state index contributed by atoms with van der Waals surface area (Å²) in [5.41, 5.74) is -2.54. The van der Waals surface area contributed by atoms with Crippen molar-refractivity contribution < 1.29 is 32.6 Å². The molecule has 2 aromatic rings. The van der Waals surface area contributed by atoms with E-state index in [9.17, 15) is 27.9 Å². The Balaban J connectivity index is 1.95. The molecule has 0 spiro atoms. The molecule has 0 aliphatic rings. The Morgan fingerprint density at radius 2 is 1.76 bits per heavy atom. The third-order valence-electron chi connectivity index (χ3n) is 4.08. The normalized spacial score (nSPS) is 13.3. The summed E-state index contributed by atoms with van der Waals surface area (Å²) in [4.78, 5) is 23.8. The first-order chi connectivity index (χ1) is 13.5. The highest BCUT2D eigenvalue weighted by atomic mass is 19.4. The van der Waals surface area contributed by atoms with Crippen LogP contribution in [0.4, 0.5) is 18.9 Å². The highest BCUT2D eigenvalue weighted by Gasteiger charge is 2.51. The van der Waals surface area contributed by atoms with E-state index in [1.54, 1.807) is 25.1 Å². The second-order valence-corrected chi connectivity index (χ2v) is 6.37. The van der Waals surface area contributed by atoms with E-state index < -0.39 is 17.7 Å². The first-order valence-electron chi connectivity index (χ1n) is 8.75. The Morgan fingerprint density at radius 3 is 2.34 bits per heavy atom. The number of benzene rings is 2. The maximum atomic E-state index is 12.8. The monoisotopic (exact) mass is 410 g/mol. The summed E-state index contributed by atoms with van der Waals surface area (Å²) >= 11 is 0. The second kappa shape index (κ2) is 8.95. The van der Waals surface area contributed by atoms with Crippen molar-refractivity contribution in [3.05, 3.63) is 59.7 Å². The SMILES string of the molecule is CCNC(=O)c1cccc(NC(=O)COc2ccc([C@@](C)(O)C(F)(F)F)cc2)c1. The molecular formula is C20H21F3N2O4. The Labute approximate surface area is 165 Å². The van der Waals surface area contributed by atoms with E-state index in [1.165, 1.54) is 18.2 Å². The van der Waals surface area contributed by atoms with Crippen molar-refractivity contribution in [1.29, 1.82) is 0 Å². The van der Waals surface area contributed by atoms with Gasteiger partial charge in [-0.2, -0.15) is 13.2 Å². The molecule has 3 N–H and O–H groups in total. The van der Waals surface area contributed by atoms with E-state index >= 15 is 0 Å². The zero-order valence-corrected chi connectivity index (χ0v) is 15.8. The number of amides is 2. The minimum Gasteiger partial charge on any atom is -0.484 e. The van der Waals surface area contributed by atoms with Gasteiger partial charge in [0.05, 0.1) is 0 Å². The van der Waals surface area contributed by atoms with E-state index in [-0.39, 0.29) is 23.8 Å². The molecule has 0 saturated heterocycles. The number of rotatable bonds is 7. The Kier molecular flexibility index (Phi) is 6.86. The van der Waals surface area contributed by atoms with Gasteiger partial charge in [0, 0.05) is 17.8 Å². The molecule has 0 heterocycles. The highest BCUT2D eigenvalue weighted by Crippen LogP contribution is 2.38. The van der Waals surface area contributed by atoms with Gasteiger partial charge in [0.15, 0.2) is 12.2 Å². The van der Waals surface area contributed by atoms with Gasteiger partial charge in [-0.3, -0.25) is 9.59 Å². The summed E-state index contributed by atoms with van der Waals surface area (Å²) in [6.45, 7) is 2.53. The van der Waals surface area contributed by atoms with Crippen LogP contribution in [0.15, 0.2) is 48.5 Å². The number of aliphatic hydroxyl groups is 1. The van der Waals surface area contributed by atoms with Gasteiger partial charge in [-0.05, 0) is 49.7 Å². The van der Waals surface area contributed by atoms with Crippen molar-refractivity contribution in [3.8, 4) is 5.75 Å². The van der Waals surface area contributed by atoms with E-state index in [0.717, 1.165) is 12.1 Å². The van der Waals surface area contributed by atoms with Crippen LogP contribution in [0.3, 0.4) is 0 Å². The third-order valence-corrected chi connectivity index (χ3v) is 4.08. The van der Waals surface area contributed by atoms with Crippen molar-refractivity contribution in [2.24, 2.45) is 0 Å². The predicted molar refractivity (Wildman–Crippen MR) is 101 cm³/mol. The van der Waals surface area contributed by atoms with Crippen molar-refractivity contribution in [2.45, 2.75) is 25.6 Å². The molecule has 0 aliphatic carbocycles. The summed E-state index contributed by atoms with van der Waals surface area (Å²) in [7, 11) is 0. The van der Waals surface area contributed by atoms with Gasteiger partial charge in [0.1, 0.15) is 5.75 Å². The van der Waals surface area contributed by atoms with Crippen LogP contribution in [0, 0.1) is 0 Å². The Bertz CT molecular complexity index is 865. The molecule has 0 radical (unpaired) electrons. The summed E-state index contributed by atoms with van der Waals surface area (Å²) in [5, 5.41) is 14.9. The van der Waals surface area contributed by atoms with Gasteiger partial charge in [0.25, 0.3) is 11.8 Å². The van der Waals surface area contributed by atoms with E-state index in [0.29, 0.717) is 24.7 Å². The molecule has 0 bridgehead atoms. The van der Waals surface area contributed by atoms with Crippen molar-refractivity contribution in [1.82, 2.24) is 5.32 Å². The van der Waals surface area contributed by atoms with Crippen LogP contribution in [-0.4, -0.2) is 36.2 Å². The predicted octanol–water partition coefficient (Wildman–Crippen LogP) is 3.22. The van der Waals surface area contributed by atoms with Crippen LogP contribution in [-0.2, 0) is 10.4 Å². The lowest BCUT2D eigenvalue weighted by Crippen LogP contribution is -2.39. The standard InChI is InChI=1S/C20H21F3N2O4/c1-3-24-18(27)13-5-4-6-15(11-13)25-17(26)12-29-16-9-7-14(8-10-16)19(2,28)20(21,22)23/h4-11,28H,3,12H2,1-2H3,(H,24,27)(H,25,26)/t19-/m1/s1. The third kappa shape index (κ3) is 5.71. The van der Waals surface area contributed by atoms with Crippen LogP contribution in [0.5, 0.6) is 5.75 Å². The van der Waals surface area contributed by atoms with Gasteiger partial charge >= 0.3 is 6.18 Å². The van der Waals surface area contributed by atoms with Gasteiger partial charge < -0.3 is 20.5 Å². The molecule has 6 nitrogen and oxygen atoms in total. The molecule has 2 aromatic carbocycles. The molecule has 9 heteroatoms. The average molecular weight is 410 g/mol. The van der Waals surface area contributed by atoms with Crippen LogP contribution >= 0.6 is 0 Å². The van der Waals surface area contributed by atoms with Crippen molar-refractivity contribution in [2.75, 3.05) is 18.5 Å². The molecular weight excluding hydrogens is 389 g/mol. The molecule has 1 atom stereocenters. The Morgan fingerprint density at radius 1 is 1.10 bits per heavy atom. The number of carbonyl (C=O) groups is 2. The number of carbonyl (C=O) groups excluding carboxylic acids is 2. The smallest absolute Gasteiger partial charge is 0.421 e.